The van der Waals surface area contributed by atoms with Gasteiger partial charge in [0.2, 0.25) is 0 Å². The van der Waals surface area contributed by atoms with Crippen LogP contribution in [-0.2, 0) is 0 Å². The first-order valence-corrected chi connectivity index (χ1v) is 8.23. The normalized spacial score (nSPS) is 35.2. The number of hydrogen-bond donors (Lipinski definition) is 0. The summed E-state index contributed by atoms with van der Waals surface area (Å²) >= 11 is 7.60. The van der Waals surface area contributed by atoms with E-state index in [1.165, 1.54) is 62.0 Å². The van der Waals surface area contributed by atoms with Crippen molar-refractivity contribution in [2.24, 2.45) is 0 Å². The average Bonchev–Trinajstić information content (AvgIpc) is 2.65. The predicted molar refractivity (Wildman–Crippen MR) is 78.7 cm³/mol. The van der Waals surface area contributed by atoms with Gasteiger partial charge in [-0.15, -0.1) is 0 Å². The van der Waals surface area contributed by atoms with Crippen LogP contribution >= 0.6 is 24.2 Å². The largest absolute Gasteiger partial charge is 0.228 e. The lowest BCUT2D eigenvalue weighted by Gasteiger charge is -2.39. The molecular formula is C14H22NS2+. The second kappa shape index (κ2) is 4.67. The number of hydrogen-bond acceptors (Lipinski definition) is 2. The summed E-state index contributed by atoms with van der Waals surface area (Å²) in [7, 11) is 2.43. The van der Waals surface area contributed by atoms with E-state index in [-0.39, 0.29) is 0 Å². The van der Waals surface area contributed by atoms with Gasteiger partial charge in [-0.1, -0.05) is 18.6 Å². The fraction of sp³-hybridized carbons (Fsp3) is 0.786. The van der Waals surface area contributed by atoms with Gasteiger partial charge in [-0.25, -0.2) is 3.89 Å². The van der Waals surface area contributed by atoms with Gasteiger partial charge >= 0.3 is 0 Å². The minimum atomic E-state index is 0.831. The first-order valence-electron chi connectivity index (χ1n) is 7.04. The van der Waals surface area contributed by atoms with Crippen molar-refractivity contribution in [1.82, 2.24) is 0 Å². The summed E-state index contributed by atoms with van der Waals surface area (Å²) in [5.41, 5.74) is 3.25. The molecule has 3 rings (SSSR count). The molecule has 17 heavy (non-hydrogen) atoms. The Bertz CT molecular complexity index is 368. The Hall–Kier alpha value is 0.140. The van der Waals surface area contributed by atoms with Crippen LogP contribution in [0.25, 0.3) is 0 Å². The molecule has 0 aromatic carbocycles. The molecule has 0 saturated heterocycles. The third-order valence-corrected chi connectivity index (χ3v) is 6.55. The zero-order chi connectivity index (χ0) is 11.9. The van der Waals surface area contributed by atoms with E-state index in [1.54, 1.807) is 11.3 Å². The molecule has 0 aromatic rings. The molecule has 0 amide bonds. The SMILES string of the molecule is C[N@@+]1(C2CCCCC2)SC(=S)C2=C1CCCC2. The summed E-state index contributed by atoms with van der Waals surface area (Å²) in [6, 6.07) is 0.831. The first-order chi connectivity index (χ1) is 8.22. The molecule has 1 nitrogen and oxygen atoms in total. The second-order valence-electron chi connectivity index (χ2n) is 5.79. The Morgan fingerprint density at radius 1 is 1.06 bits per heavy atom. The monoisotopic (exact) mass is 268 g/mol. The molecule has 0 spiro atoms. The Labute approximate surface area is 114 Å². The van der Waals surface area contributed by atoms with Crippen molar-refractivity contribution in [2.75, 3.05) is 7.05 Å². The van der Waals surface area contributed by atoms with Gasteiger partial charge in [0.25, 0.3) is 0 Å². The highest BCUT2D eigenvalue weighted by Crippen LogP contribution is 2.50. The lowest BCUT2D eigenvalue weighted by molar-refractivity contribution is -0.763. The summed E-state index contributed by atoms with van der Waals surface area (Å²) < 4.78 is 2.33. The fourth-order valence-corrected chi connectivity index (χ4v) is 5.78. The molecule has 0 radical (unpaired) electrons. The molecule has 0 aromatic heterocycles. The zero-order valence-corrected chi connectivity index (χ0v) is 12.3. The van der Waals surface area contributed by atoms with E-state index < -0.39 is 0 Å². The van der Waals surface area contributed by atoms with Crippen molar-refractivity contribution < 1.29 is 3.89 Å². The number of allylic oxidation sites excluding steroid dienone is 1. The van der Waals surface area contributed by atoms with E-state index in [2.05, 4.69) is 7.05 Å². The molecule has 0 bridgehead atoms. The second-order valence-corrected chi connectivity index (χ2v) is 7.81. The maximum Gasteiger partial charge on any atom is 0.138 e. The van der Waals surface area contributed by atoms with Gasteiger partial charge in [-0.3, -0.25) is 0 Å². The van der Waals surface area contributed by atoms with Crippen LogP contribution in [0.4, 0.5) is 0 Å². The van der Waals surface area contributed by atoms with Gasteiger partial charge in [0.05, 0.1) is 7.05 Å². The van der Waals surface area contributed by atoms with Crippen LogP contribution in [0.2, 0.25) is 0 Å². The molecule has 2 aliphatic carbocycles. The van der Waals surface area contributed by atoms with E-state index in [0.717, 1.165) is 9.93 Å². The maximum absolute atomic E-state index is 5.62. The number of thiocarbonyl (C=S) groups is 1. The molecule has 1 fully saturated rings. The minimum absolute atomic E-state index is 0.831. The maximum atomic E-state index is 5.62. The molecule has 0 unspecified atom stereocenters. The highest BCUT2D eigenvalue weighted by atomic mass is 32.2. The molecule has 1 heterocycles. The number of quaternary nitrogens is 1. The van der Waals surface area contributed by atoms with Gasteiger partial charge in [0.15, 0.2) is 0 Å². The lowest BCUT2D eigenvalue weighted by Crippen LogP contribution is -2.45. The van der Waals surface area contributed by atoms with Crippen molar-refractivity contribution in [1.29, 1.82) is 0 Å². The van der Waals surface area contributed by atoms with E-state index in [9.17, 15) is 0 Å². The standard InChI is InChI=1S/C14H22NS2/c1-15(11-7-3-2-4-8-11)13-10-6-5-9-12(13)14(16)17-15/h11H,2-10H2,1H3/q+1/t15-/m0/s1. The summed E-state index contributed by atoms with van der Waals surface area (Å²) in [6.07, 6.45) is 12.4. The Morgan fingerprint density at radius 2 is 1.76 bits per heavy atom. The topological polar surface area (TPSA) is 0 Å². The van der Waals surface area contributed by atoms with Crippen LogP contribution in [0.15, 0.2) is 11.3 Å². The molecule has 3 aliphatic rings. The third-order valence-electron chi connectivity index (χ3n) is 4.77. The molecule has 94 valence electrons. The van der Waals surface area contributed by atoms with Crippen LogP contribution in [0.5, 0.6) is 0 Å². The van der Waals surface area contributed by atoms with E-state index in [1.807, 2.05) is 11.9 Å². The predicted octanol–water partition coefficient (Wildman–Crippen LogP) is 4.58. The first kappa shape index (κ1) is 12.2. The van der Waals surface area contributed by atoms with Gasteiger partial charge in [0.1, 0.15) is 27.9 Å². The van der Waals surface area contributed by atoms with Gasteiger partial charge in [0, 0.05) is 24.8 Å². The van der Waals surface area contributed by atoms with Gasteiger partial charge < -0.3 is 0 Å². The summed E-state index contributed by atoms with van der Waals surface area (Å²) in [4.78, 5) is 0. The zero-order valence-electron chi connectivity index (χ0n) is 10.7. The third kappa shape index (κ3) is 2.00. The van der Waals surface area contributed by atoms with Crippen molar-refractivity contribution in [3.05, 3.63) is 11.3 Å². The number of nitrogens with zero attached hydrogens (tertiary/aromatic N) is 1. The van der Waals surface area contributed by atoms with Crippen molar-refractivity contribution >= 4 is 28.4 Å². The molecule has 1 saturated carbocycles. The smallest absolute Gasteiger partial charge is 0.138 e. The Balaban J connectivity index is 1.91. The van der Waals surface area contributed by atoms with Gasteiger partial charge in [-0.05, 0) is 32.1 Å². The highest BCUT2D eigenvalue weighted by Gasteiger charge is 2.48. The highest BCUT2D eigenvalue weighted by molar-refractivity contribution is 8.20. The van der Waals surface area contributed by atoms with Crippen molar-refractivity contribution in [3.8, 4) is 0 Å². The molecule has 3 heteroatoms. The van der Waals surface area contributed by atoms with Gasteiger partial charge in [-0.2, -0.15) is 0 Å². The van der Waals surface area contributed by atoms with E-state index >= 15 is 0 Å². The molecule has 1 atom stereocenters. The van der Waals surface area contributed by atoms with Crippen LogP contribution in [-0.4, -0.2) is 21.2 Å². The summed E-state index contributed by atoms with van der Waals surface area (Å²) in [6.45, 7) is 0. The van der Waals surface area contributed by atoms with E-state index in [4.69, 9.17) is 12.2 Å². The minimum Gasteiger partial charge on any atom is -0.228 e. The fourth-order valence-electron chi connectivity index (χ4n) is 3.75. The van der Waals surface area contributed by atoms with Crippen molar-refractivity contribution in [2.45, 2.75) is 63.8 Å². The van der Waals surface area contributed by atoms with E-state index in [0.29, 0.717) is 0 Å². The van der Waals surface area contributed by atoms with Crippen LogP contribution < -0.4 is 0 Å². The number of rotatable bonds is 1. The molecule has 0 N–H and O–H groups in total. The van der Waals surface area contributed by atoms with Crippen molar-refractivity contribution in [3.63, 3.8) is 0 Å². The quantitative estimate of drug-likeness (QED) is 0.388. The molecular weight excluding hydrogens is 246 g/mol. The van der Waals surface area contributed by atoms with Crippen LogP contribution in [0.1, 0.15) is 57.8 Å². The lowest BCUT2D eigenvalue weighted by atomic mass is 9.91. The van der Waals surface area contributed by atoms with Crippen LogP contribution in [0, 0.1) is 0 Å². The summed E-state index contributed by atoms with van der Waals surface area (Å²) in [5, 5.41) is 0. The molecule has 1 aliphatic heterocycles. The summed E-state index contributed by atoms with van der Waals surface area (Å²) in [5.74, 6) is 0. The van der Waals surface area contributed by atoms with Crippen LogP contribution in [0.3, 0.4) is 0 Å². The average molecular weight is 268 g/mol. The Morgan fingerprint density at radius 3 is 2.53 bits per heavy atom. The Kier molecular flexibility index (Phi) is 3.35.